The van der Waals surface area contributed by atoms with Crippen LogP contribution in [0.4, 0.5) is 52.7 Å². The molecule has 0 saturated heterocycles. The Balaban J connectivity index is 0.000000982. The highest BCUT2D eigenvalue weighted by Crippen LogP contribution is 2.44. The lowest BCUT2D eigenvalue weighted by Gasteiger charge is -2.26. The van der Waals surface area contributed by atoms with Crippen molar-refractivity contribution in [3.8, 4) is 23.0 Å². The van der Waals surface area contributed by atoms with Crippen LogP contribution >= 0.6 is 0 Å². The number of halogens is 12. The molecule has 0 atom stereocenters. The molecule has 53 heavy (non-hydrogen) atoms. The fraction of sp³-hybridized carbons (Fsp3) is 0.520. The molecule has 28 heteroatoms. The standard InChI is InChI=1S/C10H14O2.C8H10O2.C7H4F12O8S4/c1-4-8-5-6-9(11-2)7-10(8)12-3;1-9-7-4-3-5-8(6-7)10-2;8-4(9,10)28(20,21)2(29(22,23)5(11,12)13)1-3(30(24,25)6(14,15)16)31(26,27)7(17,18)19/h5-7H,4H2,1-3H3;3-6H,1-2H3;2-3H,1H2. The minimum Gasteiger partial charge on any atom is -0.497 e. The molecule has 0 saturated carbocycles. The van der Waals surface area contributed by atoms with Gasteiger partial charge in [0.05, 0.1) is 28.4 Å². The lowest BCUT2D eigenvalue weighted by Crippen LogP contribution is -2.52. The Labute approximate surface area is 294 Å². The number of ether oxygens (including phenoxy) is 4. The van der Waals surface area contributed by atoms with Gasteiger partial charge in [0.2, 0.25) is 0 Å². The number of rotatable bonds is 11. The van der Waals surface area contributed by atoms with E-state index >= 15 is 0 Å². The summed E-state index contributed by atoms with van der Waals surface area (Å²) in [5.41, 5.74) is -27.3. The van der Waals surface area contributed by atoms with E-state index in [9.17, 15) is 86.4 Å². The van der Waals surface area contributed by atoms with Gasteiger partial charge in [-0.25, -0.2) is 33.7 Å². The fourth-order valence-corrected chi connectivity index (χ4v) is 10.9. The van der Waals surface area contributed by atoms with Crippen LogP contribution in [0.5, 0.6) is 23.0 Å². The number of hydrogen-bond acceptors (Lipinski definition) is 12. The first-order valence-corrected chi connectivity index (χ1v) is 19.4. The Kier molecular flexibility index (Phi) is 16.7. The molecular weight excluding hydrogens is 849 g/mol. The molecule has 2 aromatic rings. The molecule has 2 aromatic carbocycles. The van der Waals surface area contributed by atoms with Gasteiger partial charge in [-0.15, -0.1) is 0 Å². The lowest BCUT2D eigenvalue weighted by molar-refractivity contribution is -0.0475. The zero-order valence-electron chi connectivity index (χ0n) is 27.2. The molecule has 2 rings (SSSR count). The summed E-state index contributed by atoms with van der Waals surface area (Å²) in [4.78, 5) is 0. The van der Waals surface area contributed by atoms with Crippen molar-refractivity contribution in [2.75, 3.05) is 28.4 Å². The van der Waals surface area contributed by atoms with Crippen molar-refractivity contribution in [2.24, 2.45) is 0 Å². The lowest BCUT2D eigenvalue weighted by atomic mass is 10.1. The zero-order valence-corrected chi connectivity index (χ0v) is 30.4. The van der Waals surface area contributed by atoms with Gasteiger partial charge in [-0.1, -0.05) is 19.1 Å². The zero-order chi connectivity index (χ0) is 42.2. The van der Waals surface area contributed by atoms with Crippen LogP contribution in [0.1, 0.15) is 18.9 Å². The minimum absolute atomic E-state index is 0.819. The second-order valence-electron chi connectivity index (χ2n) is 9.47. The van der Waals surface area contributed by atoms with E-state index in [2.05, 4.69) is 6.92 Å². The highest BCUT2D eigenvalue weighted by atomic mass is 32.3. The first-order chi connectivity index (χ1) is 23.6. The van der Waals surface area contributed by atoms with Crippen molar-refractivity contribution in [3.05, 3.63) is 48.0 Å². The van der Waals surface area contributed by atoms with Crippen molar-refractivity contribution in [3.63, 3.8) is 0 Å². The van der Waals surface area contributed by atoms with E-state index in [4.69, 9.17) is 18.9 Å². The largest absolute Gasteiger partial charge is 0.498 e. The van der Waals surface area contributed by atoms with Crippen molar-refractivity contribution in [1.82, 2.24) is 0 Å². The van der Waals surface area contributed by atoms with E-state index in [-0.39, 0.29) is 0 Å². The van der Waals surface area contributed by atoms with Crippen molar-refractivity contribution in [1.29, 1.82) is 0 Å². The Hall–Kier alpha value is -3.40. The summed E-state index contributed by atoms with van der Waals surface area (Å²) in [5, 5.41) is 0. The number of benzene rings is 2. The van der Waals surface area contributed by atoms with Crippen LogP contribution in [-0.4, -0.2) is 93.3 Å². The van der Waals surface area contributed by atoms with Crippen LogP contribution in [0.25, 0.3) is 0 Å². The third kappa shape index (κ3) is 12.0. The van der Waals surface area contributed by atoms with Crippen molar-refractivity contribution >= 4 is 39.3 Å². The molecular formula is C25H28F12O12S4. The third-order valence-electron chi connectivity index (χ3n) is 6.21. The number of hydrogen-bond donors (Lipinski definition) is 0. The fourth-order valence-electron chi connectivity index (χ4n) is 3.47. The van der Waals surface area contributed by atoms with E-state index in [1.165, 1.54) is 5.56 Å². The molecule has 0 aromatic heterocycles. The summed E-state index contributed by atoms with van der Waals surface area (Å²) >= 11 is 0. The Morgan fingerprint density at radius 1 is 0.491 bits per heavy atom. The van der Waals surface area contributed by atoms with Crippen LogP contribution in [-0.2, 0) is 45.8 Å². The van der Waals surface area contributed by atoms with Crippen molar-refractivity contribution in [2.45, 2.75) is 51.0 Å². The first-order valence-electron chi connectivity index (χ1n) is 13.2. The summed E-state index contributed by atoms with van der Waals surface area (Å²) in [5.74, 6) is 3.37. The van der Waals surface area contributed by atoms with Crippen LogP contribution in [0.2, 0.25) is 0 Å². The predicted molar refractivity (Wildman–Crippen MR) is 161 cm³/mol. The average Bonchev–Trinajstić information content (AvgIpc) is 3.02. The maximum Gasteiger partial charge on any atom is 0.498 e. The maximum absolute atomic E-state index is 12.6. The van der Waals surface area contributed by atoms with Gasteiger partial charge in [-0.05, 0) is 30.2 Å². The summed E-state index contributed by atoms with van der Waals surface area (Å²) < 4.78 is 249. The van der Waals surface area contributed by atoms with E-state index in [1.807, 2.05) is 42.5 Å². The minimum atomic E-state index is -7.96. The van der Waals surface area contributed by atoms with Crippen molar-refractivity contribution < 1.29 is 105 Å². The van der Waals surface area contributed by atoms with Gasteiger partial charge in [-0.2, -0.15) is 52.7 Å². The highest BCUT2D eigenvalue weighted by Gasteiger charge is 2.69. The van der Waals surface area contributed by atoms with Gasteiger partial charge in [0, 0.05) is 18.6 Å². The SMILES string of the molecule is CCc1ccc(OC)cc1OC.COc1cccc(OC)c1.O=S(=O)(C(CC(S(=O)(=O)C(F)(F)F)S(=O)(=O)C(F)(F)F)S(=O)(=O)C(F)(F)F)C(F)(F)F. The van der Waals surface area contributed by atoms with Gasteiger partial charge in [0.1, 0.15) is 23.0 Å². The molecule has 308 valence electrons. The summed E-state index contributed by atoms with van der Waals surface area (Å²) in [6.45, 7) is 2.10. The number of methoxy groups -OCH3 is 4. The van der Waals surface area contributed by atoms with E-state index in [0.29, 0.717) is 0 Å². The molecule has 0 unspecified atom stereocenters. The van der Waals surface area contributed by atoms with Crippen LogP contribution < -0.4 is 18.9 Å². The Morgan fingerprint density at radius 2 is 0.792 bits per heavy atom. The van der Waals surface area contributed by atoms with Gasteiger partial charge in [-0.3, -0.25) is 0 Å². The molecule has 0 heterocycles. The maximum atomic E-state index is 12.6. The van der Waals surface area contributed by atoms with Gasteiger partial charge in [0.15, 0.2) is 9.16 Å². The molecule has 0 spiro atoms. The number of aryl methyl sites for hydroxylation is 1. The number of alkyl halides is 12. The predicted octanol–water partition coefficient (Wildman–Crippen LogP) is 5.74. The topological polar surface area (TPSA) is 173 Å². The molecule has 0 fully saturated rings. The summed E-state index contributed by atoms with van der Waals surface area (Å²) in [7, 11) is -25.2. The number of sulfone groups is 4. The molecule has 0 amide bonds. The highest BCUT2D eigenvalue weighted by molar-refractivity contribution is 8.11. The van der Waals surface area contributed by atoms with E-state index in [1.54, 1.807) is 28.4 Å². The summed E-state index contributed by atoms with van der Waals surface area (Å²) in [6.07, 6.45) is -2.99. The molecule has 0 radical (unpaired) electrons. The molecule has 12 nitrogen and oxygen atoms in total. The molecule has 0 aliphatic rings. The third-order valence-corrected chi connectivity index (χ3v) is 15.4. The average molecular weight is 877 g/mol. The molecule has 0 bridgehead atoms. The second-order valence-corrected chi connectivity index (χ2v) is 18.6. The van der Waals surface area contributed by atoms with E-state index < -0.39 is 77.0 Å². The second kappa shape index (κ2) is 17.8. The monoisotopic (exact) mass is 876 g/mol. The molecule has 0 N–H and O–H groups in total. The first kappa shape index (κ1) is 49.6. The normalized spacial score (nSPS) is 13.3. The van der Waals surface area contributed by atoms with Crippen LogP contribution in [0, 0.1) is 0 Å². The smallest absolute Gasteiger partial charge is 0.497 e. The molecule has 0 aliphatic carbocycles. The Bertz CT molecular complexity index is 1760. The van der Waals surface area contributed by atoms with Crippen LogP contribution in [0.15, 0.2) is 42.5 Å². The van der Waals surface area contributed by atoms with E-state index in [0.717, 1.165) is 29.4 Å². The van der Waals surface area contributed by atoms with Gasteiger partial charge >= 0.3 is 22.0 Å². The summed E-state index contributed by atoms with van der Waals surface area (Å²) in [6, 6.07) is 13.3. The molecule has 0 aliphatic heterocycles. The van der Waals surface area contributed by atoms with Gasteiger partial charge in [0.25, 0.3) is 39.3 Å². The van der Waals surface area contributed by atoms with Gasteiger partial charge < -0.3 is 18.9 Å². The Morgan fingerprint density at radius 3 is 1.04 bits per heavy atom. The van der Waals surface area contributed by atoms with Crippen LogP contribution in [0.3, 0.4) is 0 Å². The quantitative estimate of drug-likeness (QED) is 0.251.